The standard InChI is InChI=1S/C17H18N2O.C13H22N2O5/c1-12-7-10-14-16(11-12)19-17(20)15(18-14)6-4-2-3-5-13-8-9-13;1-13(2,3)9(14-12(18)19)10(16)15-7-5-6-8(15)11(17)20-4/h7,10-11,13H,2-3,5,8-9H2,1H3,(H,19,20);8-9,14H,5-7H2,1-4H3,(H,18,19). The SMILES string of the molecule is COC(=O)C1CCCN1C(=O)C(NC(=O)O)C(C)(C)C.Cc1ccc2nc(C#CCCCC3CC3)c(=O)[nH]c2c1. The van der Waals surface area contributed by atoms with E-state index in [-0.39, 0.29) is 11.5 Å². The number of hydrogen-bond acceptors (Lipinski definition) is 6. The molecule has 1 saturated heterocycles. The molecule has 1 aliphatic carbocycles. The van der Waals surface area contributed by atoms with Gasteiger partial charge in [-0.05, 0) is 67.6 Å². The van der Waals surface area contributed by atoms with Gasteiger partial charge in [-0.3, -0.25) is 9.59 Å². The second-order valence-corrected chi connectivity index (χ2v) is 11.5. The lowest BCUT2D eigenvalue weighted by Gasteiger charge is -2.34. The number of esters is 1. The van der Waals surface area contributed by atoms with E-state index in [2.05, 4.69) is 27.1 Å². The van der Waals surface area contributed by atoms with Crippen molar-refractivity contribution in [3.63, 3.8) is 0 Å². The van der Waals surface area contributed by atoms with E-state index in [1.807, 2.05) is 25.1 Å². The summed E-state index contributed by atoms with van der Waals surface area (Å²) < 4.78 is 4.69. The molecule has 3 N–H and O–H groups in total. The van der Waals surface area contributed by atoms with Crippen LogP contribution in [0.25, 0.3) is 11.0 Å². The maximum absolute atomic E-state index is 12.6. The topological polar surface area (TPSA) is 142 Å². The van der Waals surface area contributed by atoms with Crippen molar-refractivity contribution in [1.29, 1.82) is 0 Å². The highest BCUT2D eigenvalue weighted by molar-refractivity contribution is 5.90. The summed E-state index contributed by atoms with van der Waals surface area (Å²) in [4.78, 5) is 55.6. The maximum Gasteiger partial charge on any atom is 0.405 e. The molecule has 10 heteroatoms. The van der Waals surface area contributed by atoms with Crippen molar-refractivity contribution in [2.24, 2.45) is 11.3 Å². The van der Waals surface area contributed by atoms with E-state index in [1.165, 1.54) is 31.3 Å². The first-order chi connectivity index (χ1) is 18.9. The molecule has 2 unspecified atom stereocenters. The van der Waals surface area contributed by atoms with E-state index < -0.39 is 29.6 Å². The number of rotatable bonds is 6. The molecule has 2 aromatic rings. The van der Waals surface area contributed by atoms with Crippen molar-refractivity contribution < 1.29 is 24.2 Å². The molecule has 40 heavy (non-hydrogen) atoms. The van der Waals surface area contributed by atoms with Crippen LogP contribution in [0.1, 0.15) is 77.0 Å². The third kappa shape index (κ3) is 8.57. The molecule has 1 saturated carbocycles. The van der Waals surface area contributed by atoms with Gasteiger partial charge in [0.25, 0.3) is 5.56 Å². The van der Waals surface area contributed by atoms with E-state index >= 15 is 0 Å². The van der Waals surface area contributed by atoms with Crippen molar-refractivity contribution in [2.75, 3.05) is 13.7 Å². The molecule has 1 aliphatic heterocycles. The molecule has 0 bridgehead atoms. The van der Waals surface area contributed by atoms with Crippen molar-refractivity contribution >= 4 is 29.0 Å². The quantitative estimate of drug-likeness (QED) is 0.279. The number of unbranched alkanes of at least 4 members (excludes halogenated alkanes) is 1. The van der Waals surface area contributed by atoms with Gasteiger partial charge >= 0.3 is 12.1 Å². The van der Waals surface area contributed by atoms with E-state index in [0.29, 0.717) is 25.1 Å². The van der Waals surface area contributed by atoms with Crippen LogP contribution in [0.2, 0.25) is 0 Å². The Balaban J connectivity index is 0.000000220. The van der Waals surface area contributed by atoms with Gasteiger partial charge in [0.05, 0.1) is 18.1 Å². The zero-order valence-corrected chi connectivity index (χ0v) is 24.0. The largest absolute Gasteiger partial charge is 0.467 e. The number of ether oxygens (including phenoxy) is 1. The molecular formula is C30H40N4O6. The monoisotopic (exact) mass is 552 g/mol. The molecule has 2 aliphatic rings. The number of benzene rings is 1. The second kappa shape index (κ2) is 13.5. The first-order valence-corrected chi connectivity index (χ1v) is 13.8. The van der Waals surface area contributed by atoms with Gasteiger partial charge in [-0.1, -0.05) is 45.6 Å². The fourth-order valence-corrected chi connectivity index (χ4v) is 4.67. The van der Waals surface area contributed by atoms with Crippen LogP contribution in [-0.2, 0) is 14.3 Å². The second-order valence-electron chi connectivity index (χ2n) is 11.5. The Kier molecular flexibility index (Phi) is 10.3. The Morgan fingerprint density at radius 2 is 1.98 bits per heavy atom. The van der Waals surface area contributed by atoms with Gasteiger partial charge in [0.1, 0.15) is 12.1 Å². The van der Waals surface area contributed by atoms with Crippen molar-refractivity contribution in [3.05, 3.63) is 39.8 Å². The third-order valence-electron chi connectivity index (χ3n) is 7.06. The van der Waals surface area contributed by atoms with Crippen LogP contribution in [0, 0.1) is 30.1 Å². The van der Waals surface area contributed by atoms with E-state index in [0.717, 1.165) is 35.4 Å². The van der Waals surface area contributed by atoms with Gasteiger partial charge in [-0.25, -0.2) is 14.6 Å². The molecule has 2 heterocycles. The smallest absolute Gasteiger partial charge is 0.405 e. The van der Waals surface area contributed by atoms with Gasteiger partial charge in [0.2, 0.25) is 5.91 Å². The summed E-state index contributed by atoms with van der Waals surface area (Å²) in [5.41, 5.74) is 2.21. The number of carboxylic acid groups (broad SMARTS) is 1. The predicted octanol–water partition coefficient (Wildman–Crippen LogP) is 4.00. The number of carbonyl (C=O) groups is 3. The van der Waals surface area contributed by atoms with E-state index in [9.17, 15) is 19.2 Å². The van der Waals surface area contributed by atoms with Crippen LogP contribution >= 0.6 is 0 Å². The summed E-state index contributed by atoms with van der Waals surface area (Å²) in [6, 6.07) is 4.31. The number of carbonyl (C=O) groups excluding carboxylic acids is 2. The highest BCUT2D eigenvalue weighted by Gasteiger charge is 2.42. The average Bonchev–Trinajstić information content (AvgIpc) is 3.58. The Labute approximate surface area is 234 Å². The number of hydrogen-bond donors (Lipinski definition) is 3. The van der Waals surface area contributed by atoms with Crippen LogP contribution in [0.3, 0.4) is 0 Å². The molecule has 0 radical (unpaired) electrons. The number of aromatic amines is 1. The number of methoxy groups -OCH3 is 1. The first-order valence-electron chi connectivity index (χ1n) is 13.8. The van der Waals surface area contributed by atoms with Crippen molar-refractivity contribution in [2.45, 2.75) is 84.7 Å². The lowest BCUT2D eigenvalue weighted by molar-refractivity contribution is -0.152. The van der Waals surface area contributed by atoms with Gasteiger partial charge in [-0.15, -0.1) is 0 Å². The number of aryl methyl sites for hydroxylation is 1. The minimum Gasteiger partial charge on any atom is -0.467 e. The number of amides is 2. The minimum absolute atomic E-state index is 0.196. The summed E-state index contributed by atoms with van der Waals surface area (Å²) in [6.45, 7) is 7.75. The molecule has 2 amide bonds. The molecular weight excluding hydrogens is 512 g/mol. The summed E-state index contributed by atoms with van der Waals surface area (Å²) in [7, 11) is 1.28. The van der Waals surface area contributed by atoms with Crippen molar-refractivity contribution in [3.8, 4) is 11.8 Å². The Hall–Kier alpha value is -3.87. The van der Waals surface area contributed by atoms with Gasteiger partial charge < -0.3 is 25.0 Å². The average molecular weight is 553 g/mol. The van der Waals surface area contributed by atoms with Crippen molar-refractivity contribution in [1.82, 2.24) is 20.2 Å². The lowest BCUT2D eigenvalue weighted by Crippen LogP contribution is -2.56. The Bertz CT molecular complexity index is 1350. The minimum atomic E-state index is -1.26. The molecule has 1 aromatic carbocycles. The van der Waals surface area contributed by atoms with Gasteiger partial charge in [0, 0.05) is 13.0 Å². The Morgan fingerprint density at radius 1 is 1.25 bits per heavy atom. The van der Waals surface area contributed by atoms with Gasteiger partial charge in [0.15, 0.2) is 5.69 Å². The molecule has 216 valence electrons. The summed E-state index contributed by atoms with van der Waals surface area (Å²) in [5.74, 6) is 6.08. The zero-order chi connectivity index (χ0) is 29.4. The lowest BCUT2D eigenvalue weighted by atomic mass is 9.85. The highest BCUT2D eigenvalue weighted by atomic mass is 16.5. The molecule has 2 fully saturated rings. The van der Waals surface area contributed by atoms with Gasteiger partial charge in [-0.2, -0.15) is 0 Å². The molecule has 1 aromatic heterocycles. The normalized spacial score (nSPS) is 17.2. The van der Waals surface area contributed by atoms with Crippen LogP contribution in [0.4, 0.5) is 4.79 Å². The fraction of sp³-hybridized carbons (Fsp3) is 0.567. The number of nitrogens with zero attached hydrogens (tertiary/aromatic N) is 2. The zero-order valence-electron chi connectivity index (χ0n) is 24.0. The molecule has 2 atom stereocenters. The third-order valence-corrected chi connectivity index (χ3v) is 7.06. The first kappa shape index (κ1) is 30.7. The summed E-state index contributed by atoms with van der Waals surface area (Å²) in [5, 5.41) is 11.1. The molecule has 4 rings (SSSR count). The number of H-pyrrole nitrogens is 1. The molecule has 10 nitrogen and oxygen atoms in total. The number of likely N-dealkylation sites (tertiary alicyclic amines) is 1. The van der Waals surface area contributed by atoms with E-state index in [4.69, 9.17) is 9.84 Å². The maximum atomic E-state index is 12.6. The molecule has 0 spiro atoms. The summed E-state index contributed by atoms with van der Waals surface area (Å²) >= 11 is 0. The van der Waals surface area contributed by atoms with Crippen LogP contribution in [0.5, 0.6) is 0 Å². The van der Waals surface area contributed by atoms with Crippen LogP contribution < -0.4 is 10.9 Å². The Morgan fingerprint density at radius 3 is 2.60 bits per heavy atom. The number of nitrogens with one attached hydrogen (secondary N) is 2. The predicted molar refractivity (Wildman–Crippen MR) is 152 cm³/mol. The number of fused-ring (bicyclic) bond motifs is 1. The van der Waals surface area contributed by atoms with Crippen LogP contribution in [-0.4, -0.2) is 63.7 Å². The summed E-state index contributed by atoms with van der Waals surface area (Å²) in [6.07, 6.45) is 6.02. The van der Waals surface area contributed by atoms with E-state index in [1.54, 1.807) is 20.8 Å². The highest BCUT2D eigenvalue weighted by Crippen LogP contribution is 2.33. The van der Waals surface area contributed by atoms with Crippen LogP contribution in [0.15, 0.2) is 23.0 Å². The fourth-order valence-electron chi connectivity index (χ4n) is 4.67. The number of aromatic nitrogens is 2.